The molecule has 0 saturated heterocycles. The van der Waals surface area contributed by atoms with Crippen molar-refractivity contribution >= 4 is 27.1 Å². The number of aromatic nitrogens is 1. The highest BCUT2D eigenvalue weighted by Gasteiger charge is 2.27. The van der Waals surface area contributed by atoms with E-state index in [1.807, 2.05) is 0 Å². The summed E-state index contributed by atoms with van der Waals surface area (Å²) in [5.41, 5.74) is 1.23. The number of halogens is 3. The van der Waals surface area contributed by atoms with Gasteiger partial charge >= 0.3 is 12.1 Å². The fraction of sp³-hybridized carbons (Fsp3) is 0.697. The number of rotatable bonds is 8. The summed E-state index contributed by atoms with van der Waals surface area (Å²) < 4.78 is 65.6. The van der Waals surface area contributed by atoms with Crippen LogP contribution in [-0.4, -0.2) is 37.9 Å². The zero-order chi connectivity index (χ0) is 20.1. The molecule has 2 aromatic rings. The summed E-state index contributed by atoms with van der Waals surface area (Å²) >= 11 is 1.28. The van der Waals surface area contributed by atoms with Crippen LogP contribution in [0.5, 0.6) is 0 Å². The third kappa shape index (κ3) is 32.8. The standard InChI is InChI=1S/C17H18F3NO4S2.16CH4/c1-2-25-16(22)10-15-21-14(11-26-15)12-4-6-13(7-5-12)27(23,24)9-3-8-17(18,19)20;;;;;;;;;;;;;;;;/h4-7,11H,2-3,8-10H2,1H3;16*1H4. The summed E-state index contributed by atoms with van der Waals surface area (Å²) in [6, 6.07) is 5.78. The van der Waals surface area contributed by atoms with Crippen LogP contribution < -0.4 is 0 Å². The molecule has 0 unspecified atom stereocenters. The van der Waals surface area contributed by atoms with Crippen molar-refractivity contribution in [2.75, 3.05) is 12.4 Å². The van der Waals surface area contributed by atoms with E-state index in [4.69, 9.17) is 4.74 Å². The van der Waals surface area contributed by atoms with Gasteiger partial charge in [0.05, 0.1) is 29.4 Å². The van der Waals surface area contributed by atoms with E-state index in [9.17, 15) is 26.4 Å². The number of hydrogen-bond acceptors (Lipinski definition) is 6. The van der Waals surface area contributed by atoms with Crippen LogP contribution in [0.3, 0.4) is 0 Å². The van der Waals surface area contributed by atoms with Crippen LogP contribution in [0.25, 0.3) is 11.3 Å². The van der Waals surface area contributed by atoms with Crippen molar-refractivity contribution in [1.82, 2.24) is 4.98 Å². The third-order valence-electron chi connectivity index (χ3n) is 3.54. The van der Waals surface area contributed by atoms with E-state index in [1.54, 1.807) is 24.4 Å². The third-order valence-corrected chi connectivity index (χ3v) is 6.20. The second kappa shape index (κ2) is 42.2. The summed E-state index contributed by atoms with van der Waals surface area (Å²) in [4.78, 5) is 15.8. The highest BCUT2D eigenvalue weighted by atomic mass is 32.2. The predicted molar refractivity (Wildman–Crippen MR) is 203 cm³/mol. The Bertz CT molecular complexity index is 882. The van der Waals surface area contributed by atoms with E-state index >= 15 is 0 Å². The number of hydrogen-bond donors (Lipinski definition) is 0. The van der Waals surface area contributed by atoms with Gasteiger partial charge in [0.25, 0.3) is 0 Å². The van der Waals surface area contributed by atoms with Gasteiger partial charge in [-0.2, -0.15) is 13.2 Å². The first-order valence-electron chi connectivity index (χ1n) is 8.10. The molecule has 0 N–H and O–H groups in total. The molecule has 1 heterocycles. The first kappa shape index (κ1) is 97.0. The van der Waals surface area contributed by atoms with Crippen LogP contribution in [0, 0.1) is 0 Å². The lowest BCUT2D eigenvalue weighted by atomic mass is 10.2. The molecular weight excluding hydrogens is 595 g/mol. The number of sulfone groups is 1. The van der Waals surface area contributed by atoms with Crippen LogP contribution >= 0.6 is 11.3 Å². The topological polar surface area (TPSA) is 73.3 Å². The molecule has 2 rings (SSSR count). The first-order chi connectivity index (χ1) is 12.6. The molecule has 0 amide bonds. The van der Waals surface area contributed by atoms with E-state index in [0.29, 0.717) is 16.3 Å². The number of thiazole rings is 1. The number of carbonyl (C=O) groups excluding carboxylic acids is 1. The van der Waals surface area contributed by atoms with Gasteiger partial charge in [0.1, 0.15) is 5.01 Å². The molecule has 43 heavy (non-hydrogen) atoms. The van der Waals surface area contributed by atoms with E-state index in [0.717, 1.165) is 0 Å². The highest BCUT2D eigenvalue weighted by molar-refractivity contribution is 7.91. The zero-order valence-electron chi connectivity index (χ0n) is 14.5. The second-order valence-electron chi connectivity index (χ2n) is 5.67. The summed E-state index contributed by atoms with van der Waals surface area (Å²) in [5, 5.41) is 2.31. The van der Waals surface area contributed by atoms with E-state index in [-0.39, 0.29) is 143 Å². The van der Waals surface area contributed by atoms with Crippen molar-refractivity contribution in [1.29, 1.82) is 0 Å². The van der Waals surface area contributed by atoms with Gasteiger partial charge in [0.15, 0.2) is 9.84 Å². The Hall–Kier alpha value is -1.94. The van der Waals surface area contributed by atoms with Crippen molar-refractivity contribution in [3.8, 4) is 11.3 Å². The Morgan fingerprint density at radius 1 is 0.791 bits per heavy atom. The molecule has 0 radical (unpaired) electrons. The first-order valence-corrected chi connectivity index (χ1v) is 10.6. The second-order valence-corrected chi connectivity index (χ2v) is 8.72. The Balaban J connectivity index is -0.0000000377. The predicted octanol–water partition coefficient (Wildman–Crippen LogP) is 14.2. The molecule has 0 aliphatic carbocycles. The van der Waals surface area contributed by atoms with Gasteiger partial charge < -0.3 is 4.74 Å². The van der Waals surface area contributed by atoms with Crippen LogP contribution in [-0.2, 0) is 25.8 Å². The van der Waals surface area contributed by atoms with Crippen LogP contribution in [0.4, 0.5) is 13.2 Å². The molecule has 0 spiro atoms. The molecule has 0 atom stereocenters. The minimum Gasteiger partial charge on any atom is -0.466 e. The van der Waals surface area contributed by atoms with Crippen molar-refractivity contribution in [2.45, 2.75) is 156 Å². The number of benzene rings is 1. The fourth-order valence-electron chi connectivity index (χ4n) is 2.27. The normalized spacial score (nSPS) is 7.63. The Morgan fingerprint density at radius 2 is 1.21 bits per heavy atom. The Morgan fingerprint density at radius 3 is 1.58 bits per heavy atom. The fourth-order valence-corrected chi connectivity index (χ4v) is 4.37. The number of ether oxygens (including phenoxy) is 1. The summed E-state index contributed by atoms with van der Waals surface area (Å²) in [6.45, 7) is 2.00. The van der Waals surface area contributed by atoms with Crippen LogP contribution in [0.2, 0.25) is 0 Å². The maximum Gasteiger partial charge on any atom is 0.389 e. The SMILES string of the molecule is C.C.C.C.C.C.C.C.C.C.C.C.C.C.C.C.CCOC(=O)Cc1nc(-c2ccc(S(=O)(=O)CCCC(F)(F)F)cc2)cs1. The maximum absolute atomic E-state index is 12.2. The molecule has 1 aromatic heterocycles. The monoisotopic (exact) mass is 678 g/mol. The van der Waals surface area contributed by atoms with Crippen LogP contribution in [0.1, 0.15) is 144 Å². The maximum atomic E-state index is 12.2. The smallest absolute Gasteiger partial charge is 0.389 e. The van der Waals surface area contributed by atoms with E-state index in [1.165, 1.54) is 23.5 Å². The van der Waals surface area contributed by atoms with Crippen molar-refractivity contribution in [3.05, 3.63) is 34.7 Å². The molecule has 5 nitrogen and oxygen atoms in total. The zero-order valence-corrected chi connectivity index (χ0v) is 16.1. The average Bonchev–Trinajstić information content (AvgIpc) is 3.02. The number of nitrogens with zero attached hydrogens (tertiary/aromatic N) is 1. The molecule has 0 aliphatic rings. The molecule has 0 aliphatic heterocycles. The van der Waals surface area contributed by atoms with Gasteiger partial charge in [0, 0.05) is 17.4 Å². The molecule has 276 valence electrons. The molecular formula is C33H82F3NO4S2. The van der Waals surface area contributed by atoms with Gasteiger partial charge in [0.2, 0.25) is 0 Å². The highest BCUT2D eigenvalue weighted by Crippen LogP contribution is 2.26. The van der Waals surface area contributed by atoms with Gasteiger partial charge in [-0.05, 0) is 25.5 Å². The van der Waals surface area contributed by atoms with Crippen molar-refractivity contribution < 1.29 is 31.1 Å². The Kier molecular flexibility index (Phi) is 95.2. The molecule has 1 aromatic carbocycles. The number of alkyl halides is 3. The van der Waals surface area contributed by atoms with Gasteiger partial charge in [-0.25, -0.2) is 13.4 Å². The summed E-state index contributed by atoms with van der Waals surface area (Å²) in [6.07, 6.45) is -5.92. The summed E-state index contributed by atoms with van der Waals surface area (Å²) in [7, 11) is -3.78. The van der Waals surface area contributed by atoms with Crippen molar-refractivity contribution in [2.24, 2.45) is 0 Å². The minimum atomic E-state index is -4.37. The van der Waals surface area contributed by atoms with Crippen LogP contribution in [0.15, 0.2) is 34.5 Å². The summed E-state index contributed by atoms with van der Waals surface area (Å²) in [5.74, 6) is -0.939. The number of carbonyl (C=O) groups is 1. The quantitative estimate of drug-likeness (QED) is 0.260. The molecule has 0 bridgehead atoms. The lowest BCUT2D eigenvalue weighted by molar-refractivity contribution is -0.142. The van der Waals surface area contributed by atoms with Gasteiger partial charge in [-0.3, -0.25) is 4.79 Å². The lowest BCUT2D eigenvalue weighted by Gasteiger charge is -2.07. The average molecular weight is 678 g/mol. The minimum absolute atomic E-state index is 0. The molecule has 10 heteroatoms. The Labute approximate surface area is 277 Å². The lowest BCUT2D eigenvalue weighted by Crippen LogP contribution is -2.12. The van der Waals surface area contributed by atoms with E-state index < -0.39 is 34.6 Å². The number of esters is 1. The van der Waals surface area contributed by atoms with Gasteiger partial charge in [-0.1, -0.05) is 131 Å². The largest absolute Gasteiger partial charge is 0.466 e. The van der Waals surface area contributed by atoms with Gasteiger partial charge in [-0.15, -0.1) is 11.3 Å². The molecule has 0 saturated carbocycles. The van der Waals surface area contributed by atoms with E-state index in [2.05, 4.69) is 4.98 Å². The van der Waals surface area contributed by atoms with Crippen molar-refractivity contribution in [3.63, 3.8) is 0 Å². The molecule has 0 fully saturated rings.